The zero-order valence-electron chi connectivity index (χ0n) is 14.1. The van der Waals surface area contributed by atoms with Gasteiger partial charge in [-0.05, 0) is 42.8 Å². The third kappa shape index (κ3) is 3.15. The minimum Gasteiger partial charge on any atom is -0.507 e. The van der Waals surface area contributed by atoms with Crippen molar-refractivity contribution in [3.63, 3.8) is 0 Å². The fraction of sp³-hybridized carbons (Fsp3) is 0.167. The number of urea groups is 1. The van der Waals surface area contributed by atoms with Crippen LogP contribution in [0.3, 0.4) is 0 Å². The molecule has 2 N–H and O–H groups in total. The Labute approximate surface area is 158 Å². The van der Waals surface area contributed by atoms with E-state index in [0.717, 1.165) is 9.48 Å². The van der Waals surface area contributed by atoms with E-state index < -0.39 is 17.5 Å². The minimum absolute atomic E-state index is 0.0121. The first-order valence-electron chi connectivity index (χ1n) is 7.69. The molecule has 0 saturated carbocycles. The van der Waals surface area contributed by atoms with Crippen LogP contribution in [0, 0.1) is 0 Å². The molecule has 134 valence electrons. The molecule has 0 aromatic heterocycles. The van der Waals surface area contributed by atoms with E-state index in [2.05, 4.69) is 26.3 Å². The highest BCUT2D eigenvalue weighted by Gasteiger charge is 2.49. The number of phenolic OH excluding ortho intramolecular Hbond substituents is 1. The first-order valence-corrected chi connectivity index (χ1v) is 8.48. The summed E-state index contributed by atoms with van der Waals surface area (Å²) in [5, 5.41) is 17.2. The number of halogens is 1. The normalized spacial score (nSPS) is 19.9. The maximum Gasteiger partial charge on any atom is 0.346 e. The molecule has 1 atom stereocenters. The largest absolute Gasteiger partial charge is 0.507 e. The van der Waals surface area contributed by atoms with Gasteiger partial charge in [-0.15, -0.1) is 5.01 Å². The number of hydrogen-bond acceptors (Lipinski definition) is 5. The molecule has 2 aromatic rings. The molecule has 0 bridgehead atoms. The summed E-state index contributed by atoms with van der Waals surface area (Å²) in [5.74, 6) is 0.120. The molecule has 8 heteroatoms. The number of methoxy groups -OCH3 is 1. The number of hydrazone groups is 1. The van der Waals surface area contributed by atoms with E-state index in [4.69, 9.17) is 4.74 Å². The van der Waals surface area contributed by atoms with E-state index in [0.29, 0.717) is 16.9 Å². The topological polar surface area (TPSA) is 91.2 Å². The Morgan fingerprint density at radius 1 is 1.23 bits per heavy atom. The Kier molecular flexibility index (Phi) is 4.69. The van der Waals surface area contributed by atoms with Crippen LogP contribution in [0.25, 0.3) is 0 Å². The molecular weight excluding hydrogens is 402 g/mol. The molecule has 0 radical (unpaired) electrons. The molecule has 3 amide bonds. The summed E-state index contributed by atoms with van der Waals surface area (Å²) in [6.07, 6.45) is 1.26. The standard InChI is InChI=1S/C18H16BrN3O4/c1-18(12-3-6-14(26-2)7-4-12)16(24)22(17(25)21-18)20-10-11-9-13(19)5-8-15(11)23/h3-10,23H,1-2H3,(H,21,25)/b20-10+. The Morgan fingerprint density at radius 3 is 2.58 bits per heavy atom. The molecule has 7 nitrogen and oxygen atoms in total. The van der Waals surface area contributed by atoms with Crippen molar-refractivity contribution in [2.75, 3.05) is 7.11 Å². The number of benzene rings is 2. The number of hydrogen-bond donors (Lipinski definition) is 2. The Balaban J connectivity index is 1.88. The molecule has 1 fully saturated rings. The summed E-state index contributed by atoms with van der Waals surface area (Å²) in [5.41, 5.74) is -0.252. The maximum atomic E-state index is 12.8. The van der Waals surface area contributed by atoms with Crippen LogP contribution in [-0.4, -0.2) is 35.4 Å². The van der Waals surface area contributed by atoms with Gasteiger partial charge in [0.2, 0.25) is 0 Å². The summed E-state index contributed by atoms with van der Waals surface area (Å²) >= 11 is 3.29. The molecule has 26 heavy (non-hydrogen) atoms. The second-order valence-corrected chi connectivity index (χ2v) is 6.76. The molecule has 1 unspecified atom stereocenters. The highest BCUT2D eigenvalue weighted by Crippen LogP contribution is 2.30. The van der Waals surface area contributed by atoms with Crippen LogP contribution in [0.1, 0.15) is 18.1 Å². The fourth-order valence-corrected chi connectivity index (χ4v) is 2.98. The van der Waals surface area contributed by atoms with E-state index in [-0.39, 0.29) is 5.75 Å². The molecule has 0 spiro atoms. The van der Waals surface area contributed by atoms with E-state index in [1.54, 1.807) is 50.4 Å². The highest BCUT2D eigenvalue weighted by molar-refractivity contribution is 9.10. The number of nitrogens with zero attached hydrogens (tertiary/aromatic N) is 2. The van der Waals surface area contributed by atoms with Crippen molar-refractivity contribution in [2.45, 2.75) is 12.5 Å². The van der Waals surface area contributed by atoms with Crippen molar-refractivity contribution in [3.05, 3.63) is 58.1 Å². The number of nitrogens with one attached hydrogen (secondary N) is 1. The summed E-state index contributed by atoms with van der Waals surface area (Å²) < 4.78 is 5.84. The average molecular weight is 418 g/mol. The summed E-state index contributed by atoms with van der Waals surface area (Å²) in [6, 6.07) is 11.0. The van der Waals surface area contributed by atoms with E-state index in [1.807, 2.05) is 0 Å². The number of phenols is 1. The molecule has 0 aliphatic carbocycles. The molecule has 1 heterocycles. The third-order valence-corrected chi connectivity index (χ3v) is 4.63. The van der Waals surface area contributed by atoms with Gasteiger partial charge in [0.15, 0.2) is 0 Å². The van der Waals surface area contributed by atoms with E-state index >= 15 is 0 Å². The molecule has 1 saturated heterocycles. The van der Waals surface area contributed by atoms with E-state index in [1.165, 1.54) is 12.3 Å². The van der Waals surface area contributed by atoms with Crippen LogP contribution in [0.15, 0.2) is 52.0 Å². The fourth-order valence-electron chi connectivity index (χ4n) is 2.60. The summed E-state index contributed by atoms with van der Waals surface area (Å²) in [7, 11) is 1.55. The first kappa shape index (κ1) is 17.9. The molecule has 1 aliphatic heterocycles. The van der Waals surface area contributed by atoms with Gasteiger partial charge in [0.05, 0.1) is 13.3 Å². The van der Waals surface area contributed by atoms with Crippen LogP contribution < -0.4 is 10.1 Å². The number of imide groups is 1. The van der Waals surface area contributed by atoms with Gasteiger partial charge in [-0.25, -0.2) is 4.79 Å². The van der Waals surface area contributed by atoms with Crippen LogP contribution in [0.2, 0.25) is 0 Å². The maximum absolute atomic E-state index is 12.8. The zero-order chi connectivity index (χ0) is 18.9. The smallest absolute Gasteiger partial charge is 0.346 e. The second kappa shape index (κ2) is 6.80. The molecule has 2 aromatic carbocycles. The number of amides is 3. The third-order valence-electron chi connectivity index (χ3n) is 4.14. The monoisotopic (exact) mass is 417 g/mol. The van der Waals surface area contributed by atoms with Crippen LogP contribution in [-0.2, 0) is 10.3 Å². The van der Waals surface area contributed by atoms with Crippen LogP contribution in [0.5, 0.6) is 11.5 Å². The Morgan fingerprint density at radius 2 is 1.92 bits per heavy atom. The lowest BCUT2D eigenvalue weighted by atomic mass is 9.92. The van der Waals surface area contributed by atoms with Crippen LogP contribution >= 0.6 is 15.9 Å². The lowest BCUT2D eigenvalue weighted by Crippen LogP contribution is -2.40. The summed E-state index contributed by atoms with van der Waals surface area (Å²) in [4.78, 5) is 25.0. The molecule has 1 aliphatic rings. The average Bonchev–Trinajstić information content (AvgIpc) is 2.86. The first-order chi connectivity index (χ1) is 12.3. The number of carbonyl (C=O) groups excluding carboxylic acids is 2. The van der Waals surface area contributed by atoms with Crippen molar-refractivity contribution in [3.8, 4) is 11.5 Å². The van der Waals surface area contributed by atoms with Crippen molar-refractivity contribution < 1.29 is 19.4 Å². The lowest BCUT2D eigenvalue weighted by molar-refractivity contribution is -0.131. The van der Waals surface area contributed by atoms with Gasteiger partial charge in [0.25, 0.3) is 5.91 Å². The quantitative estimate of drug-likeness (QED) is 0.590. The predicted octanol–water partition coefficient (Wildman–Crippen LogP) is 2.96. The van der Waals surface area contributed by atoms with Gasteiger partial charge in [0.1, 0.15) is 17.0 Å². The molecule has 3 rings (SSSR count). The van der Waals surface area contributed by atoms with Crippen molar-refractivity contribution >= 4 is 34.1 Å². The predicted molar refractivity (Wildman–Crippen MR) is 99.1 cm³/mol. The number of rotatable bonds is 4. The van der Waals surface area contributed by atoms with Crippen LogP contribution in [0.4, 0.5) is 4.79 Å². The van der Waals surface area contributed by atoms with Crippen molar-refractivity contribution in [1.29, 1.82) is 0 Å². The van der Waals surface area contributed by atoms with Gasteiger partial charge >= 0.3 is 6.03 Å². The lowest BCUT2D eigenvalue weighted by Gasteiger charge is -2.21. The zero-order valence-corrected chi connectivity index (χ0v) is 15.6. The minimum atomic E-state index is -1.24. The van der Waals surface area contributed by atoms with Gasteiger partial charge in [-0.1, -0.05) is 28.1 Å². The Bertz CT molecular complexity index is 898. The van der Waals surface area contributed by atoms with Gasteiger partial charge < -0.3 is 15.2 Å². The van der Waals surface area contributed by atoms with E-state index in [9.17, 15) is 14.7 Å². The van der Waals surface area contributed by atoms with Gasteiger partial charge in [0, 0.05) is 10.0 Å². The number of ether oxygens (including phenoxy) is 1. The molecular formula is C18H16BrN3O4. The SMILES string of the molecule is COc1ccc(C2(C)NC(=O)N(/N=C/c3cc(Br)ccc3O)C2=O)cc1. The van der Waals surface area contributed by atoms with Crippen molar-refractivity contribution in [1.82, 2.24) is 10.3 Å². The van der Waals surface area contributed by atoms with Gasteiger partial charge in [-0.2, -0.15) is 5.10 Å². The summed E-state index contributed by atoms with van der Waals surface area (Å²) in [6.45, 7) is 1.61. The second-order valence-electron chi connectivity index (χ2n) is 5.85. The Hall–Kier alpha value is -2.87. The van der Waals surface area contributed by atoms with Gasteiger partial charge in [-0.3, -0.25) is 4.79 Å². The highest BCUT2D eigenvalue weighted by atomic mass is 79.9. The number of aromatic hydroxyl groups is 1. The van der Waals surface area contributed by atoms with Crippen molar-refractivity contribution in [2.24, 2.45) is 5.10 Å². The number of carbonyl (C=O) groups is 2.